The van der Waals surface area contributed by atoms with E-state index in [0.717, 1.165) is 0 Å². The zero-order chi connectivity index (χ0) is 15.4. The molecule has 1 saturated heterocycles. The molecule has 0 atom stereocenters. The maximum Gasteiger partial charge on any atom is 0.329 e. The van der Waals surface area contributed by atoms with Crippen LogP contribution >= 0.6 is 0 Å². The Bertz CT molecular complexity index is 606. The molecule has 2 rings (SSSR count). The summed E-state index contributed by atoms with van der Waals surface area (Å²) in [6.45, 7) is 1.65. The van der Waals surface area contributed by atoms with Crippen molar-refractivity contribution < 1.29 is 24.2 Å². The number of carboxylic acid groups (broad SMARTS) is 1. The van der Waals surface area contributed by atoms with Crippen molar-refractivity contribution in [3.63, 3.8) is 0 Å². The first-order valence-electron chi connectivity index (χ1n) is 6.28. The molecular formula is C14H13N2O5-. The summed E-state index contributed by atoms with van der Waals surface area (Å²) in [6, 6.07) is 6.13. The molecule has 7 heteroatoms. The van der Waals surface area contributed by atoms with E-state index in [9.17, 15) is 19.5 Å². The van der Waals surface area contributed by atoms with Crippen LogP contribution in [-0.4, -0.2) is 36.0 Å². The number of imide groups is 1. The number of ether oxygens (including phenoxy) is 1. The Labute approximate surface area is 120 Å². The monoisotopic (exact) mass is 289 g/mol. The molecule has 1 aromatic carbocycles. The van der Waals surface area contributed by atoms with Crippen LogP contribution in [0.3, 0.4) is 0 Å². The van der Waals surface area contributed by atoms with Crippen molar-refractivity contribution in [2.24, 2.45) is 0 Å². The number of amides is 3. The number of carbonyl (C=O) groups is 3. The average molecular weight is 289 g/mol. The van der Waals surface area contributed by atoms with Gasteiger partial charge in [0.25, 0.3) is 5.91 Å². The van der Waals surface area contributed by atoms with Crippen LogP contribution in [0.25, 0.3) is 6.08 Å². The highest BCUT2D eigenvalue weighted by Gasteiger charge is 2.33. The van der Waals surface area contributed by atoms with E-state index in [2.05, 4.69) is 5.32 Å². The predicted molar refractivity (Wildman–Crippen MR) is 70.8 cm³/mol. The molecule has 0 bridgehead atoms. The van der Waals surface area contributed by atoms with Crippen LogP contribution < -0.4 is 15.2 Å². The average Bonchev–Trinajstić information content (AvgIpc) is 2.69. The summed E-state index contributed by atoms with van der Waals surface area (Å²) in [6.07, 6.45) is 1.46. The number of nitrogens with one attached hydrogen (secondary N) is 1. The summed E-state index contributed by atoms with van der Waals surface area (Å²) in [5, 5.41) is 12.8. The molecule has 0 aliphatic carbocycles. The number of hydrogen-bond acceptors (Lipinski definition) is 5. The topological polar surface area (TPSA) is 98.8 Å². The van der Waals surface area contributed by atoms with Gasteiger partial charge < -0.3 is 20.0 Å². The zero-order valence-corrected chi connectivity index (χ0v) is 11.3. The predicted octanol–water partition coefficient (Wildman–Crippen LogP) is -0.272. The van der Waals surface area contributed by atoms with Crippen molar-refractivity contribution in [2.75, 3.05) is 13.2 Å². The normalized spacial score (nSPS) is 16.2. The maximum atomic E-state index is 11.9. The summed E-state index contributed by atoms with van der Waals surface area (Å²) in [4.78, 5) is 34.5. The van der Waals surface area contributed by atoms with Crippen LogP contribution in [0.15, 0.2) is 30.0 Å². The molecule has 0 saturated carbocycles. The summed E-state index contributed by atoms with van der Waals surface area (Å²) < 4.78 is 5.29. The minimum absolute atomic E-state index is 0.0189. The van der Waals surface area contributed by atoms with E-state index in [1.807, 2.05) is 6.92 Å². The van der Waals surface area contributed by atoms with Gasteiger partial charge in [-0.3, -0.25) is 9.69 Å². The van der Waals surface area contributed by atoms with Gasteiger partial charge in [0.2, 0.25) is 0 Å². The number of benzene rings is 1. The van der Waals surface area contributed by atoms with Crippen LogP contribution in [0.1, 0.15) is 12.5 Å². The van der Waals surface area contributed by atoms with Gasteiger partial charge in [0.1, 0.15) is 11.4 Å². The standard InChI is InChI=1S/C14H14N2O5/c1-2-21-10-5-3-9(4-6-10)7-11-13(19)16(8-12(17)18)14(20)15-11/h3-7H,2,8H2,1H3,(H,15,20)(H,17,18)/p-1/b11-7+. The van der Waals surface area contributed by atoms with Crippen molar-refractivity contribution in [2.45, 2.75) is 6.92 Å². The fourth-order valence-corrected chi connectivity index (χ4v) is 1.84. The molecule has 7 nitrogen and oxygen atoms in total. The number of nitrogens with zero attached hydrogens (tertiary/aromatic N) is 1. The lowest BCUT2D eigenvalue weighted by Gasteiger charge is -2.11. The van der Waals surface area contributed by atoms with E-state index >= 15 is 0 Å². The second-order valence-corrected chi connectivity index (χ2v) is 4.25. The number of carboxylic acids is 1. The lowest BCUT2D eigenvalue weighted by molar-refractivity contribution is -0.305. The molecule has 0 unspecified atom stereocenters. The first-order chi connectivity index (χ1) is 10.0. The van der Waals surface area contributed by atoms with Gasteiger partial charge in [-0.05, 0) is 30.7 Å². The second kappa shape index (κ2) is 6.08. The molecule has 0 spiro atoms. The van der Waals surface area contributed by atoms with Crippen molar-refractivity contribution in [1.82, 2.24) is 10.2 Å². The van der Waals surface area contributed by atoms with E-state index in [0.29, 0.717) is 22.8 Å². The molecule has 0 radical (unpaired) electrons. The molecule has 1 aliphatic heterocycles. The van der Waals surface area contributed by atoms with Crippen LogP contribution in [0.2, 0.25) is 0 Å². The first kappa shape index (κ1) is 14.6. The number of urea groups is 1. The lowest BCUT2D eigenvalue weighted by Crippen LogP contribution is -2.41. The number of rotatable bonds is 5. The third kappa shape index (κ3) is 3.38. The molecule has 21 heavy (non-hydrogen) atoms. The van der Waals surface area contributed by atoms with Gasteiger partial charge in [-0.2, -0.15) is 0 Å². The fraction of sp³-hybridized carbons (Fsp3) is 0.214. The Kier molecular flexibility index (Phi) is 4.22. The van der Waals surface area contributed by atoms with Gasteiger partial charge in [-0.25, -0.2) is 4.79 Å². The Morgan fingerprint density at radius 3 is 2.57 bits per heavy atom. The smallest absolute Gasteiger partial charge is 0.329 e. The van der Waals surface area contributed by atoms with Gasteiger partial charge in [-0.15, -0.1) is 0 Å². The minimum atomic E-state index is -1.50. The Morgan fingerprint density at radius 2 is 2.00 bits per heavy atom. The third-order valence-corrected chi connectivity index (χ3v) is 2.75. The summed E-state index contributed by atoms with van der Waals surface area (Å²) in [5.41, 5.74) is 0.697. The third-order valence-electron chi connectivity index (χ3n) is 2.75. The lowest BCUT2D eigenvalue weighted by atomic mass is 10.2. The van der Waals surface area contributed by atoms with Crippen LogP contribution in [-0.2, 0) is 9.59 Å². The maximum absolute atomic E-state index is 11.9. The van der Waals surface area contributed by atoms with E-state index < -0.39 is 24.5 Å². The Hall–Kier alpha value is -2.83. The quantitative estimate of drug-likeness (QED) is 0.594. The fourth-order valence-electron chi connectivity index (χ4n) is 1.84. The van der Waals surface area contributed by atoms with Gasteiger partial charge in [0.15, 0.2) is 0 Å². The molecule has 1 aromatic rings. The molecule has 0 aromatic heterocycles. The minimum Gasteiger partial charge on any atom is -0.548 e. The highest BCUT2D eigenvalue weighted by Crippen LogP contribution is 2.17. The molecule has 1 heterocycles. The van der Waals surface area contributed by atoms with Crippen molar-refractivity contribution in [3.8, 4) is 5.75 Å². The first-order valence-corrected chi connectivity index (χ1v) is 6.28. The Balaban J connectivity index is 2.16. The largest absolute Gasteiger partial charge is 0.548 e. The van der Waals surface area contributed by atoms with Gasteiger partial charge in [-0.1, -0.05) is 12.1 Å². The second-order valence-electron chi connectivity index (χ2n) is 4.25. The summed E-state index contributed by atoms with van der Waals surface area (Å²) in [5.74, 6) is -1.50. The van der Waals surface area contributed by atoms with E-state index in [-0.39, 0.29) is 5.70 Å². The number of hydrogen-bond donors (Lipinski definition) is 1. The zero-order valence-electron chi connectivity index (χ0n) is 11.3. The van der Waals surface area contributed by atoms with E-state index in [1.54, 1.807) is 24.3 Å². The van der Waals surface area contributed by atoms with Crippen LogP contribution in [0, 0.1) is 0 Å². The molecule has 3 amide bonds. The van der Waals surface area contributed by atoms with Gasteiger partial charge in [0.05, 0.1) is 19.1 Å². The van der Waals surface area contributed by atoms with Gasteiger partial charge >= 0.3 is 6.03 Å². The molecule has 110 valence electrons. The van der Waals surface area contributed by atoms with Crippen molar-refractivity contribution in [3.05, 3.63) is 35.5 Å². The Morgan fingerprint density at radius 1 is 1.33 bits per heavy atom. The highest BCUT2D eigenvalue weighted by molar-refractivity contribution is 6.15. The van der Waals surface area contributed by atoms with E-state index in [1.165, 1.54) is 6.08 Å². The summed E-state index contributed by atoms with van der Waals surface area (Å²) >= 11 is 0. The molecule has 1 fully saturated rings. The van der Waals surface area contributed by atoms with Crippen LogP contribution in [0.5, 0.6) is 5.75 Å². The van der Waals surface area contributed by atoms with Crippen LogP contribution in [0.4, 0.5) is 4.79 Å². The molecule has 1 N–H and O–H groups in total. The SMILES string of the molecule is CCOc1ccc(/C=C2/NC(=O)N(CC(=O)[O-])C2=O)cc1. The number of carbonyl (C=O) groups excluding carboxylic acids is 3. The van der Waals surface area contributed by atoms with Gasteiger partial charge in [0, 0.05) is 0 Å². The molecular weight excluding hydrogens is 276 g/mol. The number of aliphatic carboxylic acids is 1. The van der Waals surface area contributed by atoms with Crippen molar-refractivity contribution in [1.29, 1.82) is 0 Å². The highest BCUT2D eigenvalue weighted by atomic mass is 16.5. The van der Waals surface area contributed by atoms with E-state index in [4.69, 9.17) is 4.74 Å². The molecule has 1 aliphatic rings. The van der Waals surface area contributed by atoms with Crippen molar-refractivity contribution >= 4 is 24.0 Å². The summed E-state index contributed by atoms with van der Waals surface area (Å²) in [7, 11) is 0.